The second-order valence-corrected chi connectivity index (χ2v) is 4.69. The lowest BCUT2D eigenvalue weighted by atomic mass is 10.1. The maximum Gasteiger partial charge on any atom is 0.116 e. The number of nitrogens with zero attached hydrogens (tertiary/aromatic N) is 1. The third-order valence-electron chi connectivity index (χ3n) is 3.48. The molecule has 0 aliphatic carbocycles. The highest BCUT2D eigenvalue weighted by Crippen LogP contribution is 2.28. The monoisotopic (exact) mass is 246 g/mol. The summed E-state index contributed by atoms with van der Waals surface area (Å²) in [7, 11) is 0. The van der Waals surface area contributed by atoms with Crippen LogP contribution in [0.1, 0.15) is 31.5 Å². The van der Waals surface area contributed by atoms with Gasteiger partial charge >= 0.3 is 0 Å². The van der Waals surface area contributed by atoms with Gasteiger partial charge in [-0.05, 0) is 50.6 Å². The minimum atomic E-state index is 0.340. The number of nitrogens with one attached hydrogen (secondary N) is 1. The first-order valence-corrected chi connectivity index (χ1v) is 6.70. The van der Waals surface area contributed by atoms with Crippen LogP contribution in [-0.2, 0) is 13.1 Å². The Labute approximate surface area is 108 Å². The largest absolute Gasteiger partial charge is 0.508 e. The molecule has 98 valence electrons. The fourth-order valence-electron chi connectivity index (χ4n) is 2.56. The van der Waals surface area contributed by atoms with Crippen molar-refractivity contribution in [2.24, 2.45) is 0 Å². The lowest BCUT2D eigenvalue weighted by Crippen LogP contribution is -2.14. The van der Waals surface area contributed by atoms with Gasteiger partial charge < -0.3 is 15.0 Å². The molecular weight excluding hydrogens is 224 g/mol. The Morgan fingerprint density at radius 3 is 2.72 bits per heavy atom. The zero-order valence-corrected chi connectivity index (χ0v) is 11.5. The average Bonchev–Trinajstić information content (AvgIpc) is 2.62. The average molecular weight is 246 g/mol. The molecule has 3 heteroatoms. The number of fused-ring (bicyclic) bond motifs is 1. The minimum absolute atomic E-state index is 0.340. The van der Waals surface area contributed by atoms with Crippen molar-refractivity contribution in [3.05, 3.63) is 29.5 Å². The number of aryl methyl sites for hydroxylation is 1. The molecule has 2 aromatic rings. The maximum atomic E-state index is 9.67. The number of benzene rings is 1. The smallest absolute Gasteiger partial charge is 0.116 e. The second-order valence-electron chi connectivity index (χ2n) is 4.69. The number of hydrogen-bond donors (Lipinski definition) is 2. The predicted molar refractivity (Wildman–Crippen MR) is 76.0 cm³/mol. The van der Waals surface area contributed by atoms with Gasteiger partial charge in [-0.15, -0.1) is 0 Å². The van der Waals surface area contributed by atoms with Gasteiger partial charge in [0.05, 0.1) is 0 Å². The molecule has 0 spiro atoms. The Kier molecular flexibility index (Phi) is 3.92. The van der Waals surface area contributed by atoms with E-state index in [1.165, 1.54) is 16.8 Å². The Balaban J connectivity index is 2.49. The summed E-state index contributed by atoms with van der Waals surface area (Å²) in [5.41, 5.74) is 3.80. The van der Waals surface area contributed by atoms with Crippen molar-refractivity contribution in [2.45, 2.75) is 40.3 Å². The first-order valence-electron chi connectivity index (χ1n) is 6.70. The zero-order valence-electron chi connectivity index (χ0n) is 11.5. The van der Waals surface area contributed by atoms with Crippen LogP contribution in [0.2, 0.25) is 0 Å². The van der Waals surface area contributed by atoms with E-state index < -0.39 is 0 Å². The lowest BCUT2D eigenvalue weighted by molar-refractivity contribution is 0.476. The van der Waals surface area contributed by atoms with Crippen LogP contribution in [0.3, 0.4) is 0 Å². The van der Waals surface area contributed by atoms with E-state index in [2.05, 4.69) is 30.7 Å². The van der Waals surface area contributed by atoms with Gasteiger partial charge in [-0.25, -0.2) is 0 Å². The van der Waals surface area contributed by atoms with Crippen LogP contribution < -0.4 is 5.32 Å². The molecular formula is C15H22N2O. The van der Waals surface area contributed by atoms with Crippen LogP contribution in [0, 0.1) is 6.92 Å². The van der Waals surface area contributed by atoms with E-state index in [4.69, 9.17) is 0 Å². The number of aromatic hydroxyl groups is 1. The topological polar surface area (TPSA) is 37.2 Å². The Morgan fingerprint density at radius 2 is 2.06 bits per heavy atom. The summed E-state index contributed by atoms with van der Waals surface area (Å²) >= 11 is 0. The fourth-order valence-corrected chi connectivity index (χ4v) is 2.56. The number of phenolic OH excluding ortho intramolecular Hbond substituents is 1. The molecule has 0 aliphatic rings. The number of rotatable bonds is 5. The van der Waals surface area contributed by atoms with Crippen molar-refractivity contribution in [3.63, 3.8) is 0 Å². The van der Waals surface area contributed by atoms with Crippen molar-refractivity contribution in [1.29, 1.82) is 0 Å². The standard InChI is InChI=1S/C15H22N2O/c1-4-8-16-10-14-11(3)17(5-2)15-7-6-12(18)9-13(14)15/h6-7,9,16,18H,4-5,8,10H2,1-3H3. The Morgan fingerprint density at radius 1 is 1.28 bits per heavy atom. The van der Waals surface area contributed by atoms with Crippen LogP contribution in [-0.4, -0.2) is 16.2 Å². The van der Waals surface area contributed by atoms with Crippen LogP contribution in [0.15, 0.2) is 18.2 Å². The lowest BCUT2D eigenvalue weighted by Gasteiger charge is -2.05. The van der Waals surface area contributed by atoms with Crippen molar-refractivity contribution < 1.29 is 5.11 Å². The van der Waals surface area contributed by atoms with Crippen molar-refractivity contribution in [2.75, 3.05) is 6.54 Å². The van der Waals surface area contributed by atoms with E-state index in [1.807, 2.05) is 12.1 Å². The molecule has 1 aromatic heterocycles. The van der Waals surface area contributed by atoms with E-state index in [0.717, 1.165) is 31.4 Å². The highest BCUT2D eigenvalue weighted by molar-refractivity contribution is 5.86. The molecule has 2 rings (SSSR count). The number of aromatic nitrogens is 1. The molecule has 0 aliphatic heterocycles. The summed E-state index contributed by atoms with van der Waals surface area (Å²) < 4.78 is 2.30. The summed E-state index contributed by atoms with van der Waals surface area (Å²) in [4.78, 5) is 0. The van der Waals surface area contributed by atoms with Crippen molar-refractivity contribution in [1.82, 2.24) is 9.88 Å². The Bertz CT molecular complexity index is 543. The molecule has 0 unspecified atom stereocenters. The minimum Gasteiger partial charge on any atom is -0.508 e. The van der Waals surface area contributed by atoms with Crippen molar-refractivity contribution in [3.8, 4) is 5.75 Å². The van der Waals surface area contributed by atoms with E-state index in [-0.39, 0.29) is 0 Å². The third kappa shape index (κ3) is 2.23. The first kappa shape index (κ1) is 13.0. The van der Waals surface area contributed by atoms with E-state index in [1.54, 1.807) is 6.07 Å². The van der Waals surface area contributed by atoms with Gasteiger partial charge in [0.1, 0.15) is 5.75 Å². The summed E-state index contributed by atoms with van der Waals surface area (Å²) in [5.74, 6) is 0.340. The fraction of sp³-hybridized carbons (Fsp3) is 0.467. The molecule has 0 bridgehead atoms. The molecule has 0 radical (unpaired) electrons. The summed E-state index contributed by atoms with van der Waals surface area (Å²) in [5, 5.41) is 14.3. The van der Waals surface area contributed by atoms with Gasteiger partial charge in [0.25, 0.3) is 0 Å². The van der Waals surface area contributed by atoms with Gasteiger partial charge in [-0.3, -0.25) is 0 Å². The molecule has 1 aromatic carbocycles. The highest BCUT2D eigenvalue weighted by Gasteiger charge is 2.12. The molecule has 18 heavy (non-hydrogen) atoms. The maximum absolute atomic E-state index is 9.67. The summed E-state index contributed by atoms with van der Waals surface area (Å²) in [6.45, 7) is 9.33. The van der Waals surface area contributed by atoms with Crippen LogP contribution >= 0.6 is 0 Å². The van der Waals surface area contributed by atoms with E-state index >= 15 is 0 Å². The number of hydrogen-bond acceptors (Lipinski definition) is 2. The van der Waals surface area contributed by atoms with Gasteiger partial charge in [0, 0.05) is 29.7 Å². The SMILES string of the molecule is CCCNCc1c(C)n(CC)c2ccc(O)cc12. The zero-order chi connectivity index (χ0) is 13.1. The number of phenols is 1. The molecule has 0 amide bonds. The van der Waals surface area contributed by atoms with E-state index in [9.17, 15) is 5.11 Å². The van der Waals surface area contributed by atoms with Crippen LogP contribution in [0.5, 0.6) is 5.75 Å². The normalized spacial score (nSPS) is 11.3. The van der Waals surface area contributed by atoms with Crippen LogP contribution in [0.25, 0.3) is 10.9 Å². The van der Waals surface area contributed by atoms with Gasteiger partial charge in [-0.1, -0.05) is 6.92 Å². The third-order valence-corrected chi connectivity index (χ3v) is 3.48. The molecule has 1 heterocycles. The predicted octanol–water partition coefficient (Wildman–Crippen LogP) is 3.17. The summed E-state index contributed by atoms with van der Waals surface area (Å²) in [6, 6.07) is 5.64. The van der Waals surface area contributed by atoms with E-state index in [0.29, 0.717) is 5.75 Å². The molecule has 2 N–H and O–H groups in total. The highest BCUT2D eigenvalue weighted by atomic mass is 16.3. The molecule has 0 saturated carbocycles. The molecule has 0 atom stereocenters. The summed E-state index contributed by atoms with van der Waals surface area (Å²) in [6.07, 6.45) is 1.14. The first-order chi connectivity index (χ1) is 8.69. The molecule has 3 nitrogen and oxygen atoms in total. The van der Waals surface area contributed by atoms with Gasteiger partial charge in [-0.2, -0.15) is 0 Å². The van der Waals surface area contributed by atoms with Gasteiger partial charge in [0.2, 0.25) is 0 Å². The van der Waals surface area contributed by atoms with Gasteiger partial charge in [0.15, 0.2) is 0 Å². The Hall–Kier alpha value is -1.48. The second kappa shape index (κ2) is 5.44. The molecule has 0 saturated heterocycles. The molecule has 0 fully saturated rings. The van der Waals surface area contributed by atoms with Crippen LogP contribution in [0.4, 0.5) is 0 Å². The van der Waals surface area contributed by atoms with Crippen molar-refractivity contribution >= 4 is 10.9 Å². The quantitative estimate of drug-likeness (QED) is 0.795.